The molecular weight excluding hydrogens is 371 g/mol. The fourth-order valence-corrected chi connectivity index (χ4v) is 2.96. The Morgan fingerprint density at radius 2 is 1.77 bits per heavy atom. The zero-order chi connectivity index (χ0) is 17.7. The van der Waals surface area contributed by atoms with E-state index in [1.54, 1.807) is 0 Å². The van der Waals surface area contributed by atoms with Crippen LogP contribution in [0.4, 0.5) is 0 Å². The Kier molecular flexibility index (Phi) is 10.5. The number of aromatic nitrogens is 1. The van der Waals surface area contributed by atoms with Crippen LogP contribution in [-0.4, -0.2) is 18.1 Å². The van der Waals surface area contributed by atoms with Gasteiger partial charge < -0.3 is 10.5 Å². The van der Waals surface area contributed by atoms with Crippen molar-refractivity contribution in [2.24, 2.45) is 5.73 Å². The highest BCUT2D eigenvalue weighted by Gasteiger charge is 2.23. The fourth-order valence-electron chi connectivity index (χ4n) is 2.96. The number of rotatable bonds is 6. The SMILES string of the molecule is CCCCc1nc(C)c(C(=O)OC)c(-c2ccc(C)cc2)c1CN.Cl.Cl. The molecule has 2 N–H and O–H groups in total. The topological polar surface area (TPSA) is 65.2 Å². The molecule has 144 valence electrons. The maximum absolute atomic E-state index is 12.4. The van der Waals surface area contributed by atoms with E-state index in [1.807, 2.05) is 38.1 Å². The summed E-state index contributed by atoms with van der Waals surface area (Å²) < 4.78 is 5.00. The summed E-state index contributed by atoms with van der Waals surface area (Å²) in [4.78, 5) is 17.1. The zero-order valence-electron chi connectivity index (χ0n) is 15.8. The fraction of sp³-hybridized carbons (Fsp3) is 0.400. The molecule has 0 radical (unpaired) electrons. The number of esters is 1. The second-order valence-corrected chi connectivity index (χ2v) is 6.04. The van der Waals surface area contributed by atoms with Crippen LogP contribution < -0.4 is 5.73 Å². The van der Waals surface area contributed by atoms with E-state index < -0.39 is 0 Å². The average molecular weight is 399 g/mol. The van der Waals surface area contributed by atoms with E-state index in [4.69, 9.17) is 10.5 Å². The molecule has 26 heavy (non-hydrogen) atoms. The van der Waals surface area contributed by atoms with Crippen LogP contribution in [-0.2, 0) is 17.7 Å². The molecule has 0 saturated carbocycles. The normalized spacial score (nSPS) is 9.88. The van der Waals surface area contributed by atoms with E-state index >= 15 is 0 Å². The highest BCUT2D eigenvalue weighted by atomic mass is 35.5. The number of ether oxygens (including phenoxy) is 1. The summed E-state index contributed by atoms with van der Waals surface area (Å²) >= 11 is 0. The molecule has 0 spiro atoms. The Morgan fingerprint density at radius 3 is 2.27 bits per heavy atom. The van der Waals surface area contributed by atoms with Gasteiger partial charge in [-0.2, -0.15) is 0 Å². The van der Waals surface area contributed by atoms with Gasteiger partial charge in [0.2, 0.25) is 0 Å². The molecule has 1 aromatic heterocycles. The number of hydrogen-bond acceptors (Lipinski definition) is 4. The molecule has 4 nitrogen and oxygen atoms in total. The van der Waals surface area contributed by atoms with Crippen LogP contribution in [0.15, 0.2) is 24.3 Å². The number of methoxy groups -OCH3 is 1. The highest BCUT2D eigenvalue weighted by Crippen LogP contribution is 2.32. The summed E-state index contributed by atoms with van der Waals surface area (Å²) in [5, 5.41) is 0. The predicted octanol–water partition coefficient (Wildman–Crippen LogP) is 4.80. The Hall–Kier alpha value is -1.62. The van der Waals surface area contributed by atoms with Crippen molar-refractivity contribution < 1.29 is 9.53 Å². The molecule has 0 fully saturated rings. The Balaban J connectivity index is 0.00000312. The van der Waals surface area contributed by atoms with E-state index in [0.29, 0.717) is 17.8 Å². The standard InChI is InChI=1S/C20H26N2O2.2ClH/c1-5-6-7-17-16(12-21)19(15-10-8-13(2)9-11-15)18(14(3)22-17)20(23)24-4;;/h8-11H,5-7,12,21H2,1-4H3;2*1H. The van der Waals surface area contributed by atoms with Crippen LogP contribution in [0.25, 0.3) is 11.1 Å². The van der Waals surface area contributed by atoms with E-state index in [0.717, 1.165) is 41.6 Å². The van der Waals surface area contributed by atoms with Crippen LogP contribution in [0.2, 0.25) is 0 Å². The maximum Gasteiger partial charge on any atom is 0.340 e. The molecule has 0 aliphatic rings. The highest BCUT2D eigenvalue weighted by molar-refractivity contribution is 5.99. The van der Waals surface area contributed by atoms with Crippen molar-refractivity contribution in [2.75, 3.05) is 7.11 Å². The van der Waals surface area contributed by atoms with Gasteiger partial charge in [-0.15, -0.1) is 24.8 Å². The van der Waals surface area contributed by atoms with Crippen LogP contribution in [0.3, 0.4) is 0 Å². The molecule has 0 aliphatic heterocycles. The van der Waals surface area contributed by atoms with Gasteiger partial charge in [-0.05, 0) is 37.8 Å². The second-order valence-electron chi connectivity index (χ2n) is 6.04. The summed E-state index contributed by atoms with van der Waals surface area (Å²) in [6, 6.07) is 8.13. The van der Waals surface area contributed by atoms with Gasteiger partial charge in [0.1, 0.15) is 0 Å². The van der Waals surface area contributed by atoms with Gasteiger partial charge in [0, 0.05) is 17.8 Å². The monoisotopic (exact) mass is 398 g/mol. The van der Waals surface area contributed by atoms with Crippen molar-refractivity contribution in [3.8, 4) is 11.1 Å². The molecule has 0 unspecified atom stereocenters. The van der Waals surface area contributed by atoms with Gasteiger partial charge >= 0.3 is 5.97 Å². The second kappa shape index (κ2) is 11.2. The van der Waals surface area contributed by atoms with Gasteiger partial charge in [-0.25, -0.2) is 4.79 Å². The minimum absolute atomic E-state index is 0. The molecule has 0 aliphatic carbocycles. The number of benzene rings is 1. The molecule has 2 rings (SSSR count). The van der Waals surface area contributed by atoms with Crippen LogP contribution >= 0.6 is 24.8 Å². The number of carbonyl (C=O) groups is 1. The summed E-state index contributed by atoms with van der Waals surface area (Å²) in [7, 11) is 1.40. The minimum Gasteiger partial charge on any atom is -0.465 e. The Labute approximate surface area is 168 Å². The van der Waals surface area contributed by atoms with Crippen LogP contribution in [0, 0.1) is 13.8 Å². The lowest BCUT2D eigenvalue weighted by Gasteiger charge is -2.19. The summed E-state index contributed by atoms with van der Waals surface area (Å²) in [6.45, 7) is 6.40. The van der Waals surface area contributed by atoms with Crippen molar-refractivity contribution in [1.29, 1.82) is 0 Å². The maximum atomic E-state index is 12.4. The minimum atomic E-state index is -0.368. The average Bonchev–Trinajstić information content (AvgIpc) is 2.59. The van der Waals surface area contributed by atoms with Crippen molar-refractivity contribution in [1.82, 2.24) is 4.98 Å². The third-order valence-corrected chi connectivity index (χ3v) is 4.27. The molecule has 0 bridgehead atoms. The van der Waals surface area contributed by atoms with Crippen molar-refractivity contribution in [3.05, 3.63) is 52.3 Å². The number of aryl methyl sites for hydroxylation is 3. The first-order chi connectivity index (χ1) is 11.5. The third-order valence-electron chi connectivity index (χ3n) is 4.27. The van der Waals surface area contributed by atoms with Gasteiger partial charge in [0.05, 0.1) is 18.4 Å². The van der Waals surface area contributed by atoms with Crippen LogP contribution in [0.1, 0.15) is 52.6 Å². The van der Waals surface area contributed by atoms with E-state index in [1.165, 1.54) is 12.7 Å². The quantitative estimate of drug-likeness (QED) is 0.709. The largest absolute Gasteiger partial charge is 0.465 e. The van der Waals surface area contributed by atoms with E-state index in [2.05, 4.69) is 11.9 Å². The summed E-state index contributed by atoms with van der Waals surface area (Å²) in [6.07, 6.45) is 3.00. The lowest BCUT2D eigenvalue weighted by molar-refractivity contribution is 0.0600. The molecule has 1 aromatic carbocycles. The lowest BCUT2D eigenvalue weighted by atomic mass is 9.90. The predicted molar refractivity (Wildman–Crippen MR) is 111 cm³/mol. The first-order valence-electron chi connectivity index (χ1n) is 8.41. The molecule has 0 amide bonds. The van der Waals surface area contributed by atoms with Crippen molar-refractivity contribution in [2.45, 2.75) is 46.6 Å². The molecule has 1 heterocycles. The Morgan fingerprint density at radius 1 is 1.15 bits per heavy atom. The number of pyridine rings is 1. The van der Waals surface area contributed by atoms with Gasteiger partial charge in [0.15, 0.2) is 0 Å². The van der Waals surface area contributed by atoms with Gasteiger partial charge in [0.25, 0.3) is 0 Å². The number of unbranched alkanes of at least 4 members (excludes halogenated alkanes) is 1. The first kappa shape index (κ1) is 24.4. The number of nitrogens with two attached hydrogens (primary N) is 1. The molecule has 0 saturated heterocycles. The lowest BCUT2D eigenvalue weighted by Crippen LogP contribution is -2.15. The zero-order valence-corrected chi connectivity index (χ0v) is 17.4. The molecular formula is C20H28Cl2N2O2. The van der Waals surface area contributed by atoms with E-state index in [9.17, 15) is 4.79 Å². The van der Waals surface area contributed by atoms with Gasteiger partial charge in [-0.1, -0.05) is 43.2 Å². The van der Waals surface area contributed by atoms with Gasteiger partial charge in [-0.3, -0.25) is 4.98 Å². The van der Waals surface area contributed by atoms with Crippen molar-refractivity contribution in [3.63, 3.8) is 0 Å². The number of nitrogens with zero attached hydrogens (tertiary/aromatic N) is 1. The summed E-state index contributed by atoms with van der Waals surface area (Å²) in [5.74, 6) is -0.368. The number of halogens is 2. The van der Waals surface area contributed by atoms with Crippen molar-refractivity contribution >= 4 is 30.8 Å². The molecule has 2 aromatic rings. The molecule has 0 atom stereocenters. The molecule has 6 heteroatoms. The number of carbonyl (C=O) groups excluding carboxylic acids is 1. The van der Waals surface area contributed by atoms with Crippen LogP contribution in [0.5, 0.6) is 0 Å². The first-order valence-corrected chi connectivity index (χ1v) is 8.41. The van der Waals surface area contributed by atoms with E-state index in [-0.39, 0.29) is 30.8 Å². The third kappa shape index (κ3) is 5.19. The smallest absolute Gasteiger partial charge is 0.340 e. The number of hydrogen-bond donors (Lipinski definition) is 1. The Bertz CT molecular complexity index is 732. The summed E-state index contributed by atoms with van der Waals surface area (Å²) in [5.41, 5.74) is 12.2.